The van der Waals surface area contributed by atoms with Gasteiger partial charge in [-0.25, -0.2) is 9.59 Å². The van der Waals surface area contributed by atoms with E-state index in [9.17, 15) is 14.7 Å². The van der Waals surface area contributed by atoms with Crippen LogP contribution in [0.25, 0.3) is 0 Å². The maximum Gasteiger partial charge on any atom is 0.326 e. The molecule has 1 saturated carbocycles. The van der Waals surface area contributed by atoms with E-state index >= 15 is 0 Å². The molecule has 1 saturated heterocycles. The summed E-state index contributed by atoms with van der Waals surface area (Å²) in [6.07, 6.45) is 2.55. The van der Waals surface area contributed by atoms with E-state index in [4.69, 9.17) is 0 Å². The highest BCUT2D eigenvalue weighted by Crippen LogP contribution is 2.27. The minimum Gasteiger partial charge on any atom is -0.480 e. The molecule has 2 N–H and O–H groups in total. The zero-order chi connectivity index (χ0) is 14.9. The number of nitrogens with one attached hydrogen (secondary N) is 1. The van der Waals surface area contributed by atoms with E-state index in [1.165, 1.54) is 12.8 Å². The minimum atomic E-state index is -0.984. The molecule has 2 rings (SSSR count). The van der Waals surface area contributed by atoms with Gasteiger partial charge in [0.2, 0.25) is 0 Å². The van der Waals surface area contributed by atoms with Crippen molar-refractivity contribution in [3.63, 3.8) is 0 Å². The third kappa shape index (κ3) is 3.62. The van der Waals surface area contributed by atoms with E-state index in [1.807, 2.05) is 20.8 Å². The van der Waals surface area contributed by atoms with Gasteiger partial charge >= 0.3 is 12.0 Å². The van der Waals surface area contributed by atoms with E-state index in [2.05, 4.69) is 10.2 Å². The molecule has 0 unspecified atom stereocenters. The third-order valence-corrected chi connectivity index (χ3v) is 4.05. The molecule has 1 heterocycles. The Kier molecular flexibility index (Phi) is 4.22. The number of carboxylic acid groups (broad SMARTS) is 1. The maximum absolute atomic E-state index is 12.2. The van der Waals surface area contributed by atoms with Crippen LogP contribution < -0.4 is 5.32 Å². The highest BCUT2D eigenvalue weighted by atomic mass is 16.4. The number of urea groups is 1. The lowest BCUT2D eigenvalue weighted by Gasteiger charge is -2.36. The van der Waals surface area contributed by atoms with Crippen molar-refractivity contribution in [3.05, 3.63) is 0 Å². The molecular weight excluding hydrogens is 258 g/mol. The van der Waals surface area contributed by atoms with Crippen LogP contribution in [0.3, 0.4) is 0 Å². The van der Waals surface area contributed by atoms with Gasteiger partial charge in [-0.3, -0.25) is 4.90 Å². The summed E-state index contributed by atoms with van der Waals surface area (Å²) in [6, 6.07) is -0.402. The van der Waals surface area contributed by atoms with Gasteiger partial charge in [0, 0.05) is 32.2 Å². The Morgan fingerprint density at radius 2 is 1.70 bits per heavy atom. The van der Waals surface area contributed by atoms with Crippen LogP contribution in [-0.4, -0.2) is 65.2 Å². The lowest BCUT2D eigenvalue weighted by atomic mass is 9.87. The number of piperazine rings is 1. The summed E-state index contributed by atoms with van der Waals surface area (Å²) < 4.78 is 0. The minimum absolute atomic E-state index is 0.261. The first-order valence-corrected chi connectivity index (χ1v) is 7.31. The maximum atomic E-state index is 12.2. The average molecular weight is 283 g/mol. The fourth-order valence-electron chi connectivity index (χ4n) is 2.59. The quantitative estimate of drug-likeness (QED) is 0.809. The molecule has 2 aliphatic rings. The Hall–Kier alpha value is -1.30. The van der Waals surface area contributed by atoms with Gasteiger partial charge in [-0.15, -0.1) is 0 Å². The van der Waals surface area contributed by atoms with Crippen molar-refractivity contribution in [1.29, 1.82) is 0 Å². The fraction of sp³-hybridized carbons (Fsp3) is 0.857. The normalized spacial score (nSPS) is 22.4. The van der Waals surface area contributed by atoms with Crippen LogP contribution >= 0.6 is 0 Å². The SMILES string of the molecule is CC(C)(C)[C@H](NC(=O)N1CCN(C2CC2)CC1)C(=O)O. The van der Waals surface area contributed by atoms with Gasteiger partial charge in [0.15, 0.2) is 0 Å². The van der Waals surface area contributed by atoms with Crippen molar-refractivity contribution >= 4 is 12.0 Å². The molecule has 2 fully saturated rings. The second kappa shape index (κ2) is 5.60. The first-order valence-electron chi connectivity index (χ1n) is 7.31. The summed E-state index contributed by atoms with van der Waals surface area (Å²) >= 11 is 0. The smallest absolute Gasteiger partial charge is 0.326 e. The predicted octanol–water partition coefficient (Wildman–Crippen LogP) is 0.975. The zero-order valence-corrected chi connectivity index (χ0v) is 12.6. The van der Waals surface area contributed by atoms with Crippen molar-refractivity contribution in [2.24, 2.45) is 5.41 Å². The van der Waals surface area contributed by atoms with Gasteiger partial charge in [0.1, 0.15) is 6.04 Å². The second-order valence-corrected chi connectivity index (χ2v) is 6.84. The topological polar surface area (TPSA) is 72.9 Å². The Balaban J connectivity index is 1.86. The number of hydrogen-bond donors (Lipinski definition) is 2. The van der Waals surface area contributed by atoms with Crippen molar-refractivity contribution in [3.8, 4) is 0 Å². The molecule has 1 aliphatic carbocycles. The van der Waals surface area contributed by atoms with Gasteiger partial charge in [0.25, 0.3) is 0 Å². The molecule has 0 aromatic heterocycles. The first kappa shape index (κ1) is 15.1. The summed E-state index contributed by atoms with van der Waals surface area (Å²) in [6.45, 7) is 8.60. The van der Waals surface area contributed by atoms with Gasteiger partial charge in [-0.05, 0) is 18.3 Å². The number of carbonyl (C=O) groups excluding carboxylic acids is 1. The molecule has 0 aromatic rings. The van der Waals surface area contributed by atoms with Crippen LogP contribution in [-0.2, 0) is 4.79 Å². The van der Waals surface area contributed by atoms with Crippen molar-refractivity contribution in [1.82, 2.24) is 15.1 Å². The lowest BCUT2D eigenvalue weighted by molar-refractivity contribution is -0.142. The van der Waals surface area contributed by atoms with E-state index < -0.39 is 17.4 Å². The number of aliphatic carboxylic acids is 1. The summed E-state index contributed by atoms with van der Waals surface area (Å²) in [7, 11) is 0. The molecule has 2 amide bonds. The van der Waals surface area contributed by atoms with Gasteiger partial charge < -0.3 is 15.3 Å². The molecule has 114 valence electrons. The number of carbonyl (C=O) groups is 2. The lowest BCUT2D eigenvalue weighted by Crippen LogP contribution is -2.57. The largest absolute Gasteiger partial charge is 0.480 e. The van der Waals surface area contributed by atoms with Crippen LogP contribution in [0.1, 0.15) is 33.6 Å². The number of nitrogens with zero attached hydrogens (tertiary/aromatic N) is 2. The predicted molar refractivity (Wildman–Crippen MR) is 75.6 cm³/mol. The molecule has 0 bridgehead atoms. The second-order valence-electron chi connectivity index (χ2n) is 6.84. The Labute approximate surface area is 120 Å². The van der Waals surface area contributed by atoms with Crippen LogP contribution in [0, 0.1) is 5.41 Å². The fourth-order valence-corrected chi connectivity index (χ4v) is 2.59. The molecule has 1 aliphatic heterocycles. The van der Waals surface area contributed by atoms with Crippen molar-refractivity contribution < 1.29 is 14.7 Å². The van der Waals surface area contributed by atoms with Gasteiger partial charge in [-0.1, -0.05) is 20.8 Å². The van der Waals surface area contributed by atoms with E-state index in [0.717, 1.165) is 19.1 Å². The molecule has 0 spiro atoms. The molecule has 6 nitrogen and oxygen atoms in total. The Bertz CT molecular complexity index is 380. The van der Waals surface area contributed by atoms with Gasteiger partial charge in [-0.2, -0.15) is 0 Å². The molecule has 0 aromatic carbocycles. The molecule has 1 atom stereocenters. The average Bonchev–Trinajstić information content (AvgIpc) is 3.18. The molecule has 6 heteroatoms. The van der Waals surface area contributed by atoms with Crippen LogP contribution in [0.4, 0.5) is 4.79 Å². The number of carboxylic acids is 1. The number of rotatable bonds is 3. The summed E-state index contributed by atoms with van der Waals surface area (Å²) in [4.78, 5) is 27.6. The Morgan fingerprint density at radius 1 is 1.15 bits per heavy atom. The summed E-state index contributed by atoms with van der Waals surface area (Å²) in [5.41, 5.74) is -0.503. The third-order valence-electron chi connectivity index (χ3n) is 4.05. The highest BCUT2D eigenvalue weighted by molar-refractivity contribution is 5.83. The Morgan fingerprint density at radius 3 is 2.10 bits per heavy atom. The highest BCUT2D eigenvalue weighted by Gasteiger charge is 2.36. The first-order chi connectivity index (χ1) is 9.29. The number of hydrogen-bond acceptors (Lipinski definition) is 3. The van der Waals surface area contributed by atoms with E-state index in [0.29, 0.717) is 13.1 Å². The van der Waals surface area contributed by atoms with Crippen molar-refractivity contribution in [2.75, 3.05) is 26.2 Å². The standard InChI is InChI=1S/C14H25N3O3/c1-14(2,3)11(12(18)19)15-13(20)17-8-6-16(7-9-17)10-4-5-10/h10-11H,4-9H2,1-3H3,(H,15,20)(H,18,19)/t11-/m1/s1. The summed E-state index contributed by atoms with van der Waals surface area (Å²) in [5.74, 6) is -0.984. The van der Waals surface area contributed by atoms with E-state index in [-0.39, 0.29) is 6.03 Å². The van der Waals surface area contributed by atoms with Crippen molar-refractivity contribution in [2.45, 2.75) is 45.7 Å². The van der Waals surface area contributed by atoms with Crippen LogP contribution in [0.15, 0.2) is 0 Å². The number of amides is 2. The van der Waals surface area contributed by atoms with E-state index in [1.54, 1.807) is 4.90 Å². The van der Waals surface area contributed by atoms with Crippen LogP contribution in [0.5, 0.6) is 0 Å². The zero-order valence-electron chi connectivity index (χ0n) is 12.6. The monoisotopic (exact) mass is 283 g/mol. The summed E-state index contributed by atoms with van der Waals surface area (Å²) in [5, 5.41) is 11.9. The van der Waals surface area contributed by atoms with Gasteiger partial charge in [0.05, 0.1) is 0 Å². The molecular formula is C14H25N3O3. The van der Waals surface area contributed by atoms with Crippen LogP contribution in [0.2, 0.25) is 0 Å². The molecule has 20 heavy (non-hydrogen) atoms. The molecule has 0 radical (unpaired) electrons.